The van der Waals surface area contributed by atoms with Gasteiger partial charge in [-0.15, -0.1) is 0 Å². The summed E-state index contributed by atoms with van der Waals surface area (Å²) in [5.41, 5.74) is 1.47. The number of ether oxygens (including phenoxy) is 1. The van der Waals surface area contributed by atoms with Crippen molar-refractivity contribution in [3.63, 3.8) is 0 Å². The SMILES string of the molecule is CO/N=C\c1ccn(-c2ccc(N3C[C@H](CNC(C)=O)OC3=O)cc2F)c1. The van der Waals surface area contributed by atoms with Crippen molar-refractivity contribution in [2.45, 2.75) is 13.0 Å². The molecule has 0 bridgehead atoms. The third-order valence-corrected chi connectivity index (χ3v) is 4.00. The molecule has 27 heavy (non-hydrogen) atoms. The summed E-state index contributed by atoms with van der Waals surface area (Å²) in [6.45, 7) is 1.84. The van der Waals surface area contributed by atoms with E-state index in [2.05, 4.69) is 15.3 Å². The Balaban J connectivity index is 1.75. The topological polar surface area (TPSA) is 85.2 Å². The minimum atomic E-state index is -0.573. The van der Waals surface area contributed by atoms with Crippen LogP contribution in [0.25, 0.3) is 5.69 Å². The summed E-state index contributed by atoms with van der Waals surface area (Å²) in [5, 5.41) is 6.26. The molecule has 1 atom stereocenters. The molecule has 142 valence electrons. The number of benzene rings is 1. The molecule has 0 unspecified atom stereocenters. The van der Waals surface area contributed by atoms with Crippen LogP contribution in [-0.4, -0.2) is 49.1 Å². The molecular weight excluding hydrogens is 355 g/mol. The van der Waals surface area contributed by atoms with Crippen LogP contribution in [0.5, 0.6) is 0 Å². The van der Waals surface area contributed by atoms with Crippen molar-refractivity contribution in [3.8, 4) is 5.69 Å². The van der Waals surface area contributed by atoms with Crippen molar-refractivity contribution in [2.24, 2.45) is 5.16 Å². The van der Waals surface area contributed by atoms with Gasteiger partial charge < -0.3 is 19.5 Å². The van der Waals surface area contributed by atoms with Crippen LogP contribution in [0.3, 0.4) is 0 Å². The van der Waals surface area contributed by atoms with Gasteiger partial charge in [-0.25, -0.2) is 9.18 Å². The molecule has 0 spiro atoms. The molecule has 2 heterocycles. The maximum atomic E-state index is 14.6. The van der Waals surface area contributed by atoms with Crippen LogP contribution in [0.1, 0.15) is 12.5 Å². The molecule has 2 aromatic rings. The van der Waals surface area contributed by atoms with Gasteiger partial charge in [-0.05, 0) is 24.3 Å². The van der Waals surface area contributed by atoms with Crippen molar-refractivity contribution in [1.82, 2.24) is 9.88 Å². The Hall–Kier alpha value is -3.36. The molecule has 2 amide bonds. The lowest BCUT2D eigenvalue weighted by Crippen LogP contribution is -2.33. The third kappa shape index (κ3) is 4.25. The Kier molecular flexibility index (Phi) is 5.39. The summed E-state index contributed by atoms with van der Waals surface area (Å²) in [4.78, 5) is 29.0. The fourth-order valence-electron chi connectivity index (χ4n) is 2.72. The van der Waals surface area contributed by atoms with Gasteiger partial charge in [-0.2, -0.15) is 0 Å². The minimum Gasteiger partial charge on any atom is -0.442 e. The number of nitrogens with one attached hydrogen (secondary N) is 1. The highest BCUT2D eigenvalue weighted by atomic mass is 19.1. The van der Waals surface area contributed by atoms with E-state index in [1.165, 1.54) is 31.2 Å². The van der Waals surface area contributed by atoms with Gasteiger partial charge >= 0.3 is 6.09 Å². The van der Waals surface area contributed by atoms with E-state index in [-0.39, 0.29) is 19.0 Å². The molecule has 3 rings (SSSR count). The van der Waals surface area contributed by atoms with Gasteiger partial charge in [0.2, 0.25) is 5.91 Å². The molecule has 1 N–H and O–H groups in total. The zero-order chi connectivity index (χ0) is 19.4. The number of amides is 2. The lowest BCUT2D eigenvalue weighted by molar-refractivity contribution is -0.119. The molecule has 0 radical (unpaired) electrons. The zero-order valence-corrected chi connectivity index (χ0v) is 14.9. The van der Waals surface area contributed by atoms with Crippen molar-refractivity contribution in [2.75, 3.05) is 25.1 Å². The third-order valence-electron chi connectivity index (χ3n) is 4.00. The standard InChI is InChI=1S/C18H19FN4O4/c1-12(24)20-9-15-11-23(18(25)27-15)14-3-4-17(16(19)7-14)22-6-5-13(10-22)8-21-26-2/h3-8,10,15H,9,11H2,1-2H3,(H,20,24)/b21-8-/t15-/m0/s1. The summed E-state index contributed by atoms with van der Waals surface area (Å²) < 4.78 is 21.4. The second-order valence-corrected chi connectivity index (χ2v) is 5.96. The van der Waals surface area contributed by atoms with Crippen molar-refractivity contribution in [1.29, 1.82) is 0 Å². The summed E-state index contributed by atoms with van der Waals surface area (Å²) >= 11 is 0. The number of halogens is 1. The maximum absolute atomic E-state index is 14.6. The van der Waals surface area contributed by atoms with Crippen LogP contribution < -0.4 is 10.2 Å². The van der Waals surface area contributed by atoms with E-state index in [0.717, 1.165) is 5.56 Å². The number of nitrogens with zero attached hydrogens (tertiary/aromatic N) is 3. The molecule has 1 aliphatic heterocycles. The minimum absolute atomic E-state index is 0.207. The van der Waals surface area contributed by atoms with Crippen molar-refractivity contribution >= 4 is 23.9 Å². The lowest BCUT2D eigenvalue weighted by Gasteiger charge is -2.14. The molecule has 1 aromatic heterocycles. The predicted octanol–water partition coefficient (Wildman–Crippen LogP) is 2.06. The van der Waals surface area contributed by atoms with Gasteiger partial charge in [0.15, 0.2) is 0 Å². The molecule has 0 aliphatic carbocycles. The van der Waals surface area contributed by atoms with Crippen molar-refractivity contribution in [3.05, 3.63) is 48.0 Å². The number of aromatic nitrogens is 1. The lowest BCUT2D eigenvalue weighted by atomic mass is 10.2. The van der Waals surface area contributed by atoms with E-state index in [1.54, 1.807) is 35.2 Å². The Bertz CT molecular complexity index is 880. The van der Waals surface area contributed by atoms with Gasteiger partial charge in [-0.1, -0.05) is 5.16 Å². The normalized spacial score (nSPS) is 16.6. The van der Waals surface area contributed by atoms with Crippen LogP contribution in [0.2, 0.25) is 0 Å². The first-order valence-electron chi connectivity index (χ1n) is 8.25. The number of cyclic esters (lactones) is 1. The molecule has 1 aliphatic rings. The highest BCUT2D eigenvalue weighted by molar-refractivity contribution is 5.90. The number of anilines is 1. The van der Waals surface area contributed by atoms with Crippen LogP contribution in [-0.2, 0) is 14.4 Å². The summed E-state index contributed by atoms with van der Waals surface area (Å²) in [6.07, 6.45) is 3.86. The second kappa shape index (κ2) is 7.90. The van der Waals surface area contributed by atoms with E-state index >= 15 is 0 Å². The highest BCUT2D eigenvalue weighted by Gasteiger charge is 2.32. The van der Waals surface area contributed by atoms with E-state index in [1.807, 2.05) is 0 Å². The number of carbonyl (C=O) groups excluding carboxylic acids is 2. The van der Waals surface area contributed by atoms with Crippen LogP contribution in [0, 0.1) is 5.82 Å². The van der Waals surface area contributed by atoms with E-state index in [9.17, 15) is 14.0 Å². The van der Waals surface area contributed by atoms with Crippen LogP contribution in [0.15, 0.2) is 41.8 Å². The highest BCUT2D eigenvalue weighted by Crippen LogP contribution is 2.25. The Morgan fingerprint density at radius 1 is 1.48 bits per heavy atom. The largest absolute Gasteiger partial charge is 0.442 e. The fourth-order valence-corrected chi connectivity index (χ4v) is 2.72. The van der Waals surface area contributed by atoms with E-state index in [0.29, 0.717) is 11.4 Å². The average Bonchev–Trinajstić information content (AvgIpc) is 3.24. The smallest absolute Gasteiger partial charge is 0.414 e. The van der Waals surface area contributed by atoms with Crippen molar-refractivity contribution < 1.29 is 23.6 Å². The molecule has 8 nitrogen and oxygen atoms in total. The van der Waals surface area contributed by atoms with Gasteiger partial charge in [0.1, 0.15) is 19.0 Å². The fraction of sp³-hybridized carbons (Fsp3) is 0.278. The second-order valence-electron chi connectivity index (χ2n) is 5.96. The molecule has 0 saturated carbocycles. The molecular formula is C18H19FN4O4. The van der Waals surface area contributed by atoms with E-state index < -0.39 is 18.0 Å². The maximum Gasteiger partial charge on any atom is 0.414 e. The number of hydrogen-bond donors (Lipinski definition) is 1. The first-order valence-corrected chi connectivity index (χ1v) is 8.25. The summed E-state index contributed by atoms with van der Waals surface area (Å²) in [5.74, 6) is -0.696. The van der Waals surface area contributed by atoms with Crippen LogP contribution >= 0.6 is 0 Å². The van der Waals surface area contributed by atoms with Crippen LogP contribution in [0.4, 0.5) is 14.9 Å². The summed E-state index contributed by atoms with van der Waals surface area (Å²) in [7, 11) is 1.44. The quantitative estimate of drug-likeness (QED) is 0.620. The number of carbonyl (C=O) groups is 2. The zero-order valence-electron chi connectivity index (χ0n) is 14.9. The number of oxime groups is 1. The first kappa shape index (κ1) is 18.4. The molecule has 1 aromatic carbocycles. The van der Waals surface area contributed by atoms with Gasteiger partial charge in [0.25, 0.3) is 0 Å². The number of rotatable bonds is 6. The van der Waals surface area contributed by atoms with E-state index in [4.69, 9.17) is 4.74 Å². The molecule has 1 fully saturated rings. The molecule has 9 heteroatoms. The first-order chi connectivity index (χ1) is 13.0. The monoisotopic (exact) mass is 374 g/mol. The van der Waals surface area contributed by atoms with Gasteiger partial charge in [-0.3, -0.25) is 9.69 Å². The predicted molar refractivity (Wildman–Crippen MR) is 96.6 cm³/mol. The number of hydrogen-bond acceptors (Lipinski definition) is 5. The van der Waals surface area contributed by atoms with Gasteiger partial charge in [0, 0.05) is 24.9 Å². The van der Waals surface area contributed by atoms with Gasteiger partial charge in [0.05, 0.1) is 30.7 Å². The molecule has 1 saturated heterocycles. The summed E-state index contributed by atoms with van der Waals surface area (Å²) in [6, 6.07) is 6.26. The Morgan fingerprint density at radius 2 is 2.30 bits per heavy atom. The Labute approximate surface area is 155 Å². The average molecular weight is 374 g/mol. The Morgan fingerprint density at radius 3 is 3.00 bits per heavy atom.